The largest absolute Gasteiger partial charge is 0.416 e. The lowest BCUT2D eigenvalue weighted by molar-refractivity contribution is -0.137. The van der Waals surface area contributed by atoms with Crippen molar-refractivity contribution in [2.75, 3.05) is 0 Å². The highest BCUT2D eigenvalue weighted by atomic mass is 19.4. The van der Waals surface area contributed by atoms with Gasteiger partial charge in [-0.3, -0.25) is 4.79 Å². The van der Waals surface area contributed by atoms with E-state index in [1.165, 1.54) is 22.9 Å². The molecule has 2 rings (SSSR count). The third-order valence-electron chi connectivity index (χ3n) is 3.21. The van der Waals surface area contributed by atoms with Crippen LogP contribution in [0.3, 0.4) is 0 Å². The van der Waals surface area contributed by atoms with Crippen LogP contribution in [0, 0.1) is 6.92 Å². The van der Waals surface area contributed by atoms with Gasteiger partial charge in [0.15, 0.2) is 5.43 Å². The van der Waals surface area contributed by atoms with Gasteiger partial charge in [0, 0.05) is 35.2 Å². The van der Waals surface area contributed by atoms with Crippen molar-refractivity contribution in [2.24, 2.45) is 5.73 Å². The van der Waals surface area contributed by atoms with Crippen LogP contribution < -0.4 is 11.2 Å². The van der Waals surface area contributed by atoms with Crippen LogP contribution in [0.4, 0.5) is 13.2 Å². The smallest absolute Gasteiger partial charge is 0.324 e. The fourth-order valence-corrected chi connectivity index (χ4v) is 2.10. The molecule has 0 amide bonds. The van der Waals surface area contributed by atoms with Crippen LogP contribution in [0.5, 0.6) is 0 Å². The molecule has 6 heteroatoms. The number of pyridine rings is 1. The average molecular weight is 296 g/mol. The van der Waals surface area contributed by atoms with Gasteiger partial charge in [-0.25, -0.2) is 0 Å². The Kier molecular flexibility index (Phi) is 3.91. The predicted molar refractivity (Wildman–Crippen MR) is 74.4 cm³/mol. The number of nitrogens with zero attached hydrogens (tertiary/aromatic N) is 1. The molecule has 0 saturated carbocycles. The summed E-state index contributed by atoms with van der Waals surface area (Å²) < 4.78 is 39.9. The number of rotatable bonds is 2. The van der Waals surface area contributed by atoms with Gasteiger partial charge in [0.05, 0.1) is 5.56 Å². The lowest BCUT2D eigenvalue weighted by Crippen LogP contribution is -2.20. The maximum Gasteiger partial charge on any atom is 0.416 e. The highest BCUT2D eigenvalue weighted by Crippen LogP contribution is 2.30. The summed E-state index contributed by atoms with van der Waals surface area (Å²) in [6, 6.07) is 5.82. The fourth-order valence-electron chi connectivity index (χ4n) is 2.10. The van der Waals surface area contributed by atoms with E-state index < -0.39 is 17.8 Å². The summed E-state index contributed by atoms with van der Waals surface area (Å²) in [5.74, 6) is 0. The Labute approximate surface area is 119 Å². The van der Waals surface area contributed by atoms with Gasteiger partial charge in [0.25, 0.3) is 0 Å². The topological polar surface area (TPSA) is 48.0 Å². The van der Waals surface area contributed by atoms with Gasteiger partial charge >= 0.3 is 6.18 Å². The van der Waals surface area contributed by atoms with Crippen LogP contribution in [-0.2, 0) is 6.18 Å². The SMILES string of the molecule is Cc1cc(=O)c(C(C)N)cn1-c1cccc(C(F)(F)F)c1. The van der Waals surface area contributed by atoms with E-state index in [-0.39, 0.29) is 5.43 Å². The highest BCUT2D eigenvalue weighted by molar-refractivity contribution is 5.40. The number of alkyl halides is 3. The van der Waals surface area contributed by atoms with E-state index >= 15 is 0 Å². The Morgan fingerprint density at radius 1 is 1.24 bits per heavy atom. The summed E-state index contributed by atoms with van der Waals surface area (Å²) in [5, 5.41) is 0. The molecule has 3 nitrogen and oxygen atoms in total. The maximum atomic E-state index is 12.8. The van der Waals surface area contributed by atoms with Crippen molar-refractivity contribution < 1.29 is 13.2 Å². The summed E-state index contributed by atoms with van der Waals surface area (Å²) in [4.78, 5) is 11.8. The lowest BCUT2D eigenvalue weighted by atomic mass is 10.1. The molecule has 2 aromatic rings. The summed E-state index contributed by atoms with van der Waals surface area (Å²) >= 11 is 0. The molecule has 0 radical (unpaired) electrons. The molecule has 0 spiro atoms. The van der Waals surface area contributed by atoms with Crippen molar-refractivity contribution >= 4 is 0 Å². The molecule has 0 aliphatic heterocycles. The first-order valence-corrected chi connectivity index (χ1v) is 6.36. The molecule has 1 aromatic heterocycles. The monoisotopic (exact) mass is 296 g/mol. The number of hydrogen-bond acceptors (Lipinski definition) is 2. The molecule has 0 aliphatic rings. The number of aryl methyl sites for hydroxylation is 1. The number of nitrogens with two attached hydrogens (primary N) is 1. The Bertz CT molecular complexity index is 718. The Hall–Kier alpha value is -2.08. The molecule has 1 aromatic carbocycles. The van der Waals surface area contributed by atoms with Crippen molar-refractivity contribution in [3.63, 3.8) is 0 Å². The molecule has 0 aliphatic carbocycles. The Balaban J connectivity index is 2.62. The van der Waals surface area contributed by atoms with Crippen molar-refractivity contribution in [3.05, 3.63) is 63.6 Å². The molecule has 0 bridgehead atoms. The fraction of sp³-hybridized carbons (Fsp3) is 0.267. The molecule has 0 saturated heterocycles. The highest BCUT2D eigenvalue weighted by Gasteiger charge is 2.30. The second kappa shape index (κ2) is 5.37. The molecule has 0 fully saturated rings. The number of hydrogen-bond donors (Lipinski definition) is 1. The van der Waals surface area contributed by atoms with E-state index in [0.29, 0.717) is 16.9 Å². The van der Waals surface area contributed by atoms with Crippen LogP contribution in [0.25, 0.3) is 5.69 Å². The second-order valence-electron chi connectivity index (χ2n) is 4.94. The first-order chi connectivity index (χ1) is 9.70. The van der Waals surface area contributed by atoms with E-state index in [2.05, 4.69) is 0 Å². The summed E-state index contributed by atoms with van der Waals surface area (Å²) in [6.07, 6.45) is -2.91. The third kappa shape index (κ3) is 3.16. The van der Waals surface area contributed by atoms with Crippen molar-refractivity contribution in [2.45, 2.75) is 26.1 Å². The zero-order chi connectivity index (χ0) is 15.8. The van der Waals surface area contributed by atoms with Gasteiger partial charge in [-0.1, -0.05) is 6.07 Å². The van der Waals surface area contributed by atoms with Crippen LogP contribution >= 0.6 is 0 Å². The second-order valence-corrected chi connectivity index (χ2v) is 4.94. The van der Waals surface area contributed by atoms with Crippen LogP contribution in [0.2, 0.25) is 0 Å². The quantitative estimate of drug-likeness (QED) is 0.925. The van der Waals surface area contributed by atoms with Crippen molar-refractivity contribution in [1.29, 1.82) is 0 Å². The normalized spacial score (nSPS) is 13.2. The molecule has 112 valence electrons. The van der Waals surface area contributed by atoms with Gasteiger partial charge in [0.1, 0.15) is 0 Å². The van der Waals surface area contributed by atoms with Gasteiger partial charge in [0.2, 0.25) is 0 Å². The molecular formula is C15H15F3N2O. The molecule has 21 heavy (non-hydrogen) atoms. The number of aromatic nitrogens is 1. The van der Waals surface area contributed by atoms with Gasteiger partial charge in [-0.2, -0.15) is 13.2 Å². The van der Waals surface area contributed by atoms with Crippen LogP contribution in [0.1, 0.15) is 29.8 Å². The van der Waals surface area contributed by atoms with E-state index in [1.807, 2.05) is 0 Å². The van der Waals surface area contributed by atoms with E-state index in [9.17, 15) is 18.0 Å². The summed E-state index contributed by atoms with van der Waals surface area (Å²) in [7, 11) is 0. The zero-order valence-electron chi connectivity index (χ0n) is 11.6. The van der Waals surface area contributed by atoms with Crippen molar-refractivity contribution in [3.8, 4) is 5.69 Å². The molecule has 1 heterocycles. The first-order valence-electron chi connectivity index (χ1n) is 6.36. The summed E-state index contributed by atoms with van der Waals surface area (Å²) in [6.45, 7) is 3.31. The first kappa shape index (κ1) is 15.3. The minimum absolute atomic E-state index is 0.217. The third-order valence-corrected chi connectivity index (χ3v) is 3.21. The zero-order valence-corrected chi connectivity index (χ0v) is 11.6. The maximum absolute atomic E-state index is 12.8. The van der Waals surface area contributed by atoms with E-state index in [4.69, 9.17) is 5.73 Å². The van der Waals surface area contributed by atoms with E-state index in [0.717, 1.165) is 12.1 Å². The Morgan fingerprint density at radius 2 is 1.90 bits per heavy atom. The Morgan fingerprint density at radius 3 is 2.48 bits per heavy atom. The molecule has 1 unspecified atom stereocenters. The van der Waals surface area contributed by atoms with Crippen LogP contribution in [-0.4, -0.2) is 4.57 Å². The molecular weight excluding hydrogens is 281 g/mol. The summed E-state index contributed by atoms with van der Waals surface area (Å²) in [5.41, 5.74) is 6.01. The standard InChI is InChI=1S/C15H15F3N2O/c1-9-6-14(21)13(10(2)19)8-20(9)12-5-3-4-11(7-12)15(16,17)18/h3-8,10H,19H2,1-2H3. The van der Waals surface area contributed by atoms with Crippen molar-refractivity contribution in [1.82, 2.24) is 4.57 Å². The number of benzene rings is 1. The predicted octanol–water partition coefficient (Wildman–Crippen LogP) is 3.18. The lowest BCUT2D eigenvalue weighted by Gasteiger charge is -2.16. The minimum atomic E-state index is -4.41. The van der Waals surface area contributed by atoms with Gasteiger partial charge in [-0.05, 0) is 32.0 Å². The minimum Gasteiger partial charge on any atom is -0.324 e. The number of halogens is 3. The molecule has 2 N–H and O–H groups in total. The van der Waals surface area contributed by atoms with Gasteiger partial charge < -0.3 is 10.3 Å². The van der Waals surface area contributed by atoms with Gasteiger partial charge in [-0.15, -0.1) is 0 Å². The molecule has 1 atom stereocenters. The van der Waals surface area contributed by atoms with Crippen LogP contribution in [0.15, 0.2) is 41.3 Å². The average Bonchev–Trinajstić information content (AvgIpc) is 2.37. The van der Waals surface area contributed by atoms with E-state index in [1.54, 1.807) is 19.9 Å².